The molecule has 0 fully saturated rings. The van der Waals surface area contributed by atoms with Crippen molar-refractivity contribution < 1.29 is 22.4 Å². The molecule has 2 aromatic heterocycles. The molecule has 0 unspecified atom stereocenters. The van der Waals surface area contributed by atoms with Crippen LogP contribution in [0.3, 0.4) is 0 Å². The van der Waals surface area contributed by atoms with Crippen molar-refractivity contribution in [3.63, 3.8) is 0 Å². The Balaban J connectivity index is 2.01. The van der Waals surface area contributed by atoms with E-state index in [9.17, 15) is 22.4 Å². The monoisotopic (exact) mass is 374 g/mol. The number of aromatic amines is 1. The summed E-state index contributed by atoms with van der Waals surface area (Å²) in [7, 11) is 0. The third kappa shape index (κ3) is 2.73. The first-order valence-electron chi connectivity index (χ1n) is 7.66. The molecule has 2 heterocycles. The molecule has 0 spiro atoms. The molecule has 1 amide bonds. The number of rotatable bonds is 3. The molecule has 4 rings (SSSR count). The number of fused-ring (bicyclic) bond motifs is 3. The fourth-order valence-electron chi connectivity index (χ4n) is 2.93. The van der Waals surface area contributed by atoms with Gasteiger partial charge in [0.2, 0.25) is 0 Å². The highest BCUT2D eigenvalue weighted by molar-refractivity contribution is 6.18. The van der Waals surface area contributed by atoms with Gasteiger partial charge in [-0.25, -0.2) is 22.5 Å². The van der Waals surface area contributed by atoms with E-state index >= 15 is 0 Å². The lowest BCUT2D eigenvalue weighted by Gasteiger charge is -2.10. The number of primary amides is 1. The number of aromatic nitrogens is 2. The zero-order valence-corrected chi connectivity index (χ0v) is 13.4. The number of anilines is 2. The second kappa shape index (κ2) is 5.97. The summed E-state index contributed by atoms with van der Waals surface area (Å²) in [6, 6.07) is 4.85. The predicted molar refractivity (Wildman–Crippen MR) is 91.7 cm³/mol. The van der Waals surface area contributed by atoms with E-state index in [1.165, 1.54) is 18.2 Å². The van der Waals surface area contributed by atoms with Crippen LogP contribution in [0.5, 0.6) is 0 Å². The average molecular weight is 374 g/mol. The lowest BCUT2D eigenvalue weighted by atomic mass is 10.1. The van der Waals surface area contributed by atoms with Crippen LogP contribution in [0.2, 0.25) is 0 Å². The lowest BCUT2D eigenvalue weighted by Crippen LogP contribution is -2.12. The van der Waals surface area contributed by atoms with Gasteiger partial charge in [-0.2, -0.15) is 0 Å². The second-order valence-electron chi connectivity index (χ2n) is 5.82. The third-order valence-electron chi connectivity index (χ3n) is 4.11. The zero-order valence-electron chi connectivity index (χ0n) is 13.4. The van der Waals surface area contributed by atoms with E-state index < -0.39 is 34.9 Å². The molecule has 9 heteroatoms. The SMILES string of the molecule is NC(=O)c1cnc(Nc2c(F)cc(F)cc2F)c2c1[nH]c1ccc(F)cc12. The van der Waals surface area contributed by atoms with Crippen LogP contribution >= 0.6 is 0 Å². The van der Waals surface area contributed by atoms with Crippen molar-refractivity contribution in [3.8, 4) is 0 Å². The molecule has 0 aliphatic heterocycles. The first-order valence-corrected chi connectivity index (χ1v) is 7.66. The molecule has 27 heavy (non-hydrogen) atoms. The highest BCUT2D eigenvalue weighted by Gasteiger charge is 2.19. The molecule has 0 saturated carbocycles. The number of hydrogen-bond acceptors (Lipinski definition) is 3. The van der Waals surface area contributed by atoms with Crippen LogP contribution in [0.25, 0.3) is 21.8 Å². The van der Waals surface area contributed by atoms with Crippen molar-refractivity contribution in [2.75, 3.05) is 5.32 Å². The van der Waals surface area contributed by atoms with Gasteiger partial charge in [-0.1, -0.05) is 0 Å². The molecular formula is C18H10F4N4O. The summed E-state index contributed by atoms with van der Waals surface area (Å²) < 4.78 is 54.8. The molecule has 4 N–H and O–H groups in total. The zero-order chi connectivity index (χ0) is 19.3. The molecule has 136 valence electrons. The maximum atomic E-state index is 14.0. The maximum Gasteiger partial charge on any atom is 0.252 e. The highest BCUT2D eigenvalue weighted by atomic mass is 19.1. The van der Waals surface area contributed by atoms with Gasteiger partial charge >= 0.3 is 0 Å². The van der Waals surface area contributed by atoms with E-state index in [4.69, 9.17) is 5.73 Å². The summed E-state index contributed by atoms with van der Waals surface area (Å²) in [5.74, 6) is -4.83. The summed E-state index contributed by atoms with van der Waals surface area (Å²) in [4.78, 5) is 18.6. The van der Waals surface area contributed by atoms with E-state index in [2.05, 4.69) is 15.3 Å². The van der Waals surface area contributed by atoms with Crippen LogP contribution < -0.4 is 11.1 Å². The summed E-state index contributed by atoms with van der Waals surface area (Å²) >= 11 is 0. The third-order valence-corrected chi connectivity index (χ3v) is 4.11. The van der Waals surface area contributed by atoms with Crippen molar-refractivity contribution in [1.82, 2.24) is 9.97 Å². The molecular weight excluding hydrogens is 364 g/mol. The number of hydrogen-bond donors (Lipinski definition) is 3. The van der Waals surface area contributed by atoms with Crippen LogP contribution in [0, 0.1) is 23.3 Å². The van der Waals surface area contributed by atoms with E-state index in [0.29, 0.717) is 23.0 Å². The van der Waals surface area contributed by atoms with Gasteiger partial charge in [0.15, 0.2) is 11.6 Å². The van der Waals surface area contributed by atoms with Crippen molar-refractivity contribution in [2.24, 2.45) is 5.73 Å². The number of halogens is 4. The van der Waals surface area contributed by atoms with Crippen molar-refractivity contribution in [1.29, 1.82) is 0 Å². The Bertz CT molecular complexity index is 1210. The number of pyridine rings is 1. The van der Waals surface area contributed by atoms with E-state index in [1.54, 1.807) is 0 Å². The van der Waals surface area contributed by atoms with Crippen molar-refractivity contribution in [2.45, 2.75) is 0 Å². The minimum atomic E-state index is -1.17. The van der Waals surface area contributed by atoms with Gasteiger partial charge in [-0.05, 0) is 18.2 Å². The number of nitrogens with two attached hydrogens (primary N) is 1. The van der Waals surface area contributed by atoms with Crippen molar-refractivity contribution >= 4 is 39.2 Å². The van der Waals surface area contributed by atoms with Gasteiger partial charge in [0.05, 0.1) is 16.5 Å². The van der Waals surface area contributed by atoms with E-state index in [0.717, 1.165) is 6.20 Å². The first kappa shape index (κ1) is 16.8. The fourth-order valence-corrected chi connectivity index (χ4v) is 2.93. The lowest BCUT2D eigenvalue weighted by molar-refractivity contribution is 0.100. The topological polar surface area (TPSA) is 83.8 Å². The number of amides is 1. The quantitative estimate of drug-likeness (QED) is 0.472. The number of nitrogens with zero attached hydrogens (tertiary/aromatic N) is 1. The predicted octanol–water partition coefficient (Wildman–Crippen LogP) is 4.12. The molecule has 0 radical (unpaired) electrons. The molecule has 2 aromatic carbocycles. The number of benzene rings is 2. The minimum Gasteiger partial charge on any atom is -0.365 e. The minimum absolute atomic E-state index is 0.0206. The average Bonchev–Trinajstić information content (AvgIpc) is 2.96. The van der Waals surface area contributed by atoms with Gasteiger partial charge in [0, 0.05) is 29.2 Å². The van der Waals surface area contributed by atoms with Gasteiger partial charge in [-0.3, -0.25) is 4.79 Å². The largest absolute Gasteiger partial charge is 0.365 e. The Morgan fingerprint density at radius 3 is 2.41 bits per heavy atom. The summed E-state index contributed by atoms with van der Waals surface area (Å²) in [6.07, 6.45) is 1.12. The number of nitrogens with one attached hydrogen (secondary N) is 2. The van der Waals surface area contributed by atoms with Crippen LogP contribution in [0.1, 0.15) is 10.4 Å². The smallest absolute Gasteiger partial charge is 0.252 e. The molecule has 0 saturated heterocycles. The van der Waals surface area contributed by atoms with Gasteiger partial charge in [0.1, 0.15) is 23.1 Å². The number of H-pyrrole nitrogens is 1. The van der Waals surface area contributed by atoms with Crippen LogP contribution in [-0.4, -0.2) is 15.9 Å². The Morgan fingerprint density at radius 2 is 1.74 bits per heavy atom. The van der Waals surface area contributed by atoms with Crippen molar-refractivity contribution in [3.05, 3.63) is 65.4 Å². The summed E-state index contributed by atoms with van der Waals surface area (Å²) in [5, 5.41) is 2.99. The van der Waals surface area contributed by atoms with Crippen LogP contribution in [-0.2, 0) is 0 Å². The molecule has 0 bridgehead atoms. The fraction of sp³-hybridized carbons (Fsp3) is 0. The summed E-state index contributed by atoms with van der Waals surface area (Å²) in [6.45, 7) is 0. The molecule has 5 nitrogen and oxygen atoms in total. The Labute approximate surface area is 148 Å². The second-order valence-corrected chi connectivity index (χ2v) is 5.82. The van der Waals surface area contributed by atoms with Gasteiger partial charge in [-0.15, -0.1) is 0 Å². The van der Waals surface area contributed by atoms with Crippen LogP contribution in [0.15, 0.2) is 36.5 Å². The van der Waals surface area contributed by atoms with E-state index in [-0.39, 0.29) is 22.3 Å². The first-order chi connectivity index (χ1) is 12.8. The number of carbonyl (C=O) groups excluding carboxylic acids is 1. The normalized spacial score (nSPS) is 11.3. The highest BCUT2D eigenvalue weighted by Crippen LogP contribution is 2.35. The Morgan fingerprint density at radius 1 is 1.04 bits per heavy atom. The Kier molecular flexibility index (Phi) is 3.72. The molecule has 0 aliphatic carbocycles. The van der Waals surface area contributed by atoms with E-state index in [1.807, 2.05) is 0 Å². The molecule has 0 atom stereocenters. The number of carbonyl (C=O) groups is 1. The van der Waals surface area contributed by atoms with Gasteiger partial charge in [0.25, 0.3) is 5.91 Å². The molecule has 4 aromatic rings. The van der Waals surface area contributed by atoms with Crippen LogP contribution in [0.4, 0.5) is 29.1 Å². The summed E-state index contributed by atoms with van der Waals surface area (Å²) in [5.41, 5.74) is 5.42. The van der Waals surface area contributed by atoms with Gasteiger partial charge < -0.3 is 16.0 Å². The standard InChI is InChI=1S/C18H10F4N4O/c19-7-1-2-13-9(3-7)14-15(25-13)10(17(23)27)6-24-18(14)26-16-11(21)4-8(20)5-12(16)22/h1-6,25H,(H2,23,27)(H,24,26). The Hall–Kier alpha value is -3.62. The maximum absolute atomic E-state index is 14.0. The molecule has 0 aliphatic rings.